The summed E-state index contributed by atoms with van der Waals surface area (Å²) in [6.07, 6.45) is 4.33. The zero-order valence-corrected chi connectivity index (χ0v) is 16.3. The Morgan fingerprint density at radius 2 is 1.82 bits per heavy atom. The Morgan fingerprint density at radius 1 is 1.04 bits per heavy atom. The van der Waals surface area contributed by atoms with Crippen molar-refractivity contribution in [2.75, 3.05) is 44.3 Å². The van der Waals surface area contributed by atoms with E-state index in [9.17, 15) is 4.39 Å². The summed E-state index contributed by atoms with van der Waals surface area (Å²) in [6, 6.07) is 13.7. The lowest BCUT2D eigenvalue weighted by Crippen LogP contribution is -2.45. The molecule has 0 bridgehead atoms. The molecule has 150 valence electrons. The van der Waals surface area contributed by atoms with E-state index in [0.29, 0.717) is 12.6 Å². The number of fused-ring (bicyclic) bond motifs is 1. The van der Waals surface area contributed by atoms with Gasteiger partial charge in [-0.05, 0) is 55.0 Å². The van der Waals surface area contributed by atoms with Gasteiger partial charge in [-0.1, -0.05) is 24.3 Å². The predicted octanol–water partition coefficient (Wildman–Crippen LogP) is 3.27. The van der Waals surface area contributed by atoms with Gasteiger partial charge in [0.1, 0.15) is 18.2 Å². The van der Waals surface area contributed by atoms with Gasteiger partial charge in [-0.25, -0.2) is 4.39 Å². The first-order valence-corrected chi connectivity index (χ1v) is 10.3. The number of nitrogens with zero attached hydrogens (tertiary/aromatic N) is 2. The molecule has 0 unspecified atom stereocenters. The number of likely N-dealkylation sites (tertiary alicyclic amines) is 1. The second-order valence-electron chi connectivity index (χ2n) is 7.73. The largest absolute Gasteiger partial charge is 0.489 e. The molecule has 28 heavy (non-hydrogen) atoms. The van der Waals surface area contributed by atoms with E-state index in [0.717, 1.165) is 57.6 Å². The number of hydrogen-bond donors (Lipinski definition) is 1. The van der Waals surface area contributed by atoms with E-state index in [-0.39, 0.29) is 12.4 Å². The van der Waals surface area contributed by atoms with Crippen molar-refractivity contribution in [2.45, 2.75) is 31.7 Å². The van der Waals surface area contributed by atoms with Gasteiger partial charge in [0.15, 0.2) is 0 Å². The van der Waals surface area contributed by atoms with E-state index in [1.807, 2.05) is 24.3 Å². The van der Waals surface area contributed by atoms with Crippen LogP contribution in [0, 0.1) is 5.82 Å². The molecular formula is C23H29FN2O2. The molecule has 1 N–H and O–H groups in total. The average Bonchev–Trinajstić information content (AvgIpc) is 3.17. The minimum absolute atomic E-state index is 0.0378. The summed E-state index contributed by atoms with van der Waals surface area (Å²) in [4.78, 5) is 5.05. The van der Waals surface area contributed by atoms with Gasteiger partial charge in [-0.2, -0.15) is 0 Å². The number of aliphatic hydroxyl groups is 1. The summed E-state index contributed by atoms with van der Waals surface area (Å²) in [5.74, 6) is 0.737. The molecule has 0 saturated carbocycles. The quantitative estimate of drug-likeness (QED) is 0.795. The second-order valence-corrected chi connectivity index (χ2v) is 7.73. The SMILES string of the molecule is OCCOc1cccc2c1N(C1CCN(CCc3ccc(F)cc3)CC1)CC2. The summed E-state index contributed by atoms with van der Waals surface area (Å²) in [7, 11) is 0. The summed E-state index contributed by atoms with van der Waals surface area (Å²) in [6.45, 7) is 4.64. The van der Waals surface area contributed by atoms with Crippen LogP contribution in [0.15, 0.2) is 42.5 Å². The van der Waals surface area contributed by atoms with Crippen molar-refractivity contribution in [1.82, 2.24) is 4.90 Å². The smallest absolute Gasteiger partial charge is 0.143 e. The molecule has 0 spiro atoms. The van der Waals surface area contributed by atoms with Crippen LogP contribution in [0.25, 0.3) is 0 Å². The maximum Gasteiger partial charge on any atom is 0.143 e. The van der Waals surface area contributed by atoms with E-state index in [1.165, 1.54) is 16.8 Å². The molecule has 5 heteroatoms. The normalized spacial score (nSPS) is 17.7. The first-order valence-electron chi connectivity index (χ1n) is 10.3. The molecular weight excluding hydrogens is 355 g/mol. The molecule has 4 nitrogen and oxygen atoms in total. The van der Waals surface area contributed by atoms with Crippen molar-refractivity contribution < 1.29 is 14.2 Å². The topological polar surface area (TPSA) is 35.9 Å². The Labute approximate surface area is 166 Å². The van der Waals surface area contributed by atoms with Crippen LogP contribution in [0.2, 0.25) is 0 Å². The third-order valence-corrected chi connectivity index (χ3v) is 5.97. The Kier molecular flexibility index (Phi) is 6.13. The molecule has 2 aliphatic rings. The molecule has 1 saturated heterocycles. The van der Waals surface area contributed by atoms with Gasteiger partial charge in [0, 0.05) is 32.2 Å². The standard InChI is InChI=1S/C23H29FN2O2/c24-20-6-4-18(5-7-20)8-12-25-13-10-21(11-14-25)26-15-9-19-2-1-3-22(23(19)26)28-17-16-27/h1-7,21,27H,8-17H2. The lowest BCUT2D eigenvalue weighted by molar-refractivity contribution is 0.199. The molecule has 0 atom stereocenters. The van der Waals surface area contributed by atoms with Gasteiger partial charge in [-0.3, -0.25) is 0 Å². The third-order valence-electron chi connectivity index (χ3n) is 5.97. The molecule has 2 aromatic carbocycles. The number of anilines is 1. The summed E-state index contributed by atoms with van der Waals surface area (Å²) >= 11 is 0. The van der Waals surface area contributed by atoms with Gasteiger partial charge >= 0.3 is 0 Å². The van der Waals surface area contributed by atoms with E-state index in [2.05, 4.69) is 15.9 Å². The lowest BCUT2D eigenvalue weighted by Gasteiger charge is -2.38. The maximum atomic E-state index is 13.0. The van der Waals surface area contributed by atoms with Crippen molar-refractivity contribution in [3.05, 3.63) is 59.4 Å². The van der Waals surface area contributed by atoms with Crippen LogP contribution in [-0.4, -0.2) is 55.4 Å². The first-order chi connectivity index (χ1) is 13.7. The van der Waals surface area contributed by atoms with Gasteiger partial charge in [0.2, 0.25) is 0 Å². The van der Waals surface area contributed by atoms with Crippen LogP contribution in [0.4, 0.5) is 10.1 Å². The Morgan fingerprint density at radius 3 is 2.57 bits per heavy atom. The maximum absolute atomic E-state index is 13.0. The van der Waals surface area contributed by atoms with Crippen molar-refractivity contribution in [3.8, 4) is 5.75 Å². The van der Waals surface area contributed by atoms with Gasteiger partial charge in [0.05, 0.1) is 12.3 Å². The summed E-state index contributed by atoms with van der Waals surface area (Å²) < 4.78 is 18.8. The number of rotatable bonds is 7. The first kappa shape index (κ1) is 19.2. The van der Waals surface area contributed by atoms with Crippen molar-refractivity contribution >= 4 is 5.69 Å². The zero-order valence-electron chi connectivity index (χ0n) is 16.3. The van der Waals surface area contributed by atoms with Crippen LogP contribution >= 0.6 is 0 Å². The number of halogens is 1. The molecule has 2 aromatic rings. The Bertz CT molecular complexity index is 773. The Balaban J connectivity index is 1.33. The average molecular weight is 384 g/mol. The number of hydrogen-bond acceptors (Lipinski definition) is 4. The molecule has 2 aliphatic heterocycles. The molecule has 2 heterocycles. The fourth-order valence-electron chi connectivity index (χ4n) is 4.48. The molecule has 0 radical (unpaired) electrons. The van der Waals surface area contributed by atoms with Gasteiger partial charge < -0.3 is 19.6 Å². The van der Waals surface area contributed by atoms with E-state index < -0.39 is 0 Å². The molecule has 4 rings (SSSR count). The lowest BCUT2D eigenvalue weighted by atomic mass is 10.0. The van der Waals surface area contributed by atoms with Crippen LogP contribution in [0.5, 0.6) is 5.75 Å². The fourth-order valence-corrected chi connectivity index (χ4v) is 4.48. The fraction of sp³-hybridized carbons (Fsp3) is 0.478. The molecule has 0 aliphatic carbocycles. The number of benzene rings is 2. The van der Waals surface area contributed by atoms with Crippen LogP contribution in [-0.2, 0) is 12.8 Å². The van der Waals surface area contributed by atoms with Crippen molar-refractivity contribution in [1.29, 1.82) is 0 Å². The molecule has 1 fully saturated rings. The van der Waals surface area contributed by atoms with Gasteiger partial charge in [-0.15, -0.1) is 0 Å². The van der Waals surface area contributed by atoms with Crippen molar-refractivity contribution in [3.63, 3.8) is 0 Å². The van der Waals surface area contributed by atoms with Crippen LogP contribution in [0.3, 0.4) is 0 Å². The van der Waals surface area contributed by atoms with Crippen LogP contribution < -0.4 is 9.64 Å². The number of piperidine rings is 1. The van der Waals surface area contributed by atoms with Gasteiger partial charge in [0.25, 0.3) is 0 Å². The highest BCUT2D eigenvalue weighted by atomic mass is 19.1. The highest BCUT2D eigenvalue weighted by molar-refractivity contribution is 5.67. The monoisotopic (exact) mass is 384 g/mol. The highest BCUT2D eigenvalue weighted by Gasteiger charge is 2.31. The van der Waals surface area contributed by atoms with E-state index >= 15 is 0 Å². The van der Waals surface area contributed by atoms with Crippen LogP contribution in [0.1, 0.15) is 24.0 Å². The number of ether oxygens (including phenoxy) is 1. The third kappa shape index (κ3) is 4.31. The summed E-state index contributed by atoms with van der Waals surface area (Å²) in [5.41, 5.74) is 3.79. The van der Waals surface area contributed by atoms with E-state index in [1.54, 1.807) is 12.1 Å². The predicted molar refractivity (Wildman–Crippen MR) is 110 cm³/mol. The molecule has 0 aromatic heterocycles. The highest BCUT2D eigenvalue weighted by Crippen LogP contribution is 2.40. The minimum Gasteiger partial charge on any atom is -0.489 e. The molecule has 0 amide bonds. The number of aliphatic hydroxyl groups excluding tert-OH is 1. The minimum atomic E-state index is -0.169. The van der Waals surface area contributed by atoms with E-state index in [4.69, 9.17) is 9.84 Å². The summed E-state index contributed by atoms with van der Waals surface area (Å²) in [5, 5.41) is 9.10. The second kappa shape index (κ2) is 8.93. The number of para-hydroxylation sites is 1. The Hall–Kier alpha value is -2.11. The van der Waals surface area contributed by atoms with Crippen molar-refractivity contribution in [2.24, 2.45) is 0 Å². The zero-order chi connectivity index (χ0) is 19.3.